The van der Waals surface area contributed by atoms with E-state index < -0.39 is 23.8 Å². The summed E-state index contributed by atoms with van der Waals surface area (Å²) in [6.07, 6.45) is 1.79. The van der Waals surface area contributed by atoms with E-state index in [0.717, 1.165) is 23.9 Å². The van der Waals surface area contributed by atoms with Gasteiger partial charge in [0.2, 0.25) is 5.91 Å². The third kappa shape index (κ3) is 3.59. The molecular weight excluding hydrogens is 314 g/mol. The Bertz CT molecular complexity index is 724. The van der Waals surface area contributed by atoms with Gasteiger partial charge >= 0.3 is 0 Å². The number of aromatic nitrogens is 1. The molecule has 1 aliphatic rings. The number of halogens is 2. The van der Waals surface area contributed by atoms with Gasteiger partial charge < -0.3 is 10.0 Å². The number of amides is 1. The molecule has 0 bridgehead atoms. The number of likely N-dealkylation sites (tertiary alicyclic amines) is 1. The molecule has 1 amide bonds. The summed E-state index contributed by atoms with van der Waals surface area (Å²) in [5.41, 5.74) is 0.900. The molecule has 1 saturated heterocycles. The first-order valence-electron chi connectivity index (χ1n) is 7.87. The van der Waals surface area contributed by atoms with Crippen LogP contribution in [-0.2, 0) is 11.2 Å². The van der Waals surface area contributed by atoms with Gasteiger partial charge in [-0.3, -0.25) is 9.78 Å². The summed E-state index contributed by atoms with van der Waals surface area (Å²) in [7, 11) is 0. The van der Waals surface area contributed by atoms with Crippen molar-refractivity contribution in [2.24, 2.45) is 0 Å². The smallest absolute Gasteiger partial charge is 0.223 e. The first kappa shape index (κ1) is 16.5. The van der Waals surface area contributed by atoms with Crippen molar-refractivity contribution in [3.8, 4) is 0 Å². The van der Waals surface area contributed by atoms with Crippen LogP contribution in [0.15, 0.2) is 42.6 Å². The predicted octanol–water partition coefficient (Wildman–Crippen LogP) is 2.63. The number of aryl methyl sites for hydroxylation is 1. The van der Waals surface area contributed by atoms with Gasteiger partial charge in [0, 0.05) is 30.4 Å². The van der Waals surface area contributed by atoms with Gasteiger partial charge in [-0.05, 0) is 43.2 Å². The number of β-amino-alcohol motifs (C(OH)–C–C–N with tert-alkyl or cyclic N) is 1. The zero-order valence-corrected chi connectivity index (χ0v) is 13.0. The minimum atomic E-state index is -0.739. The van der Waals surface area contributed by atoms with Crippen LogP contribution >= 0.6 is 0 Å². The van der Waals surface area contributed by atoms with E-state index in [-0.39, 0.29) is 30.9 Å². The fourth-order valence-corrected chi connectivity index (χ4v) is 3.08. The molecule has 1 aromatic carbocycles. The maximum Gasteiger partial charge on any atom is 0.223 e. The molecule has 1 aromatic heterocycles. The van der Waals surface area contributed by atoms with Gasteiger partial charge in [-0.2, -0.15) is 0 Å². The SMILES string of the molecule is O=C(CCc1ccccn1)N1CC(O)CC1c1cc(F)ccc1F. The zero-order chi connectivity index (χ0) is 17.1. The highest BCUT2D eigenvalue weighted by Crippen LogP contribution is 2.34. The fourth-order valence-electron chi connectivity index (χ4n) is 3.08. The van der Waals surface area contributed by atoms with E-state index >= 15 is 0 Å². The van der Waals surface area contributed by atoms with Crippen molar-refractivity contribution in [2.45, 2.75) is 31.4 Å². The van der Waals surface area contributed by atoms with Crippen LogP contribution in [0.4, 0.5) is 8.78 Å². The lowest BCUT2D eigenvalue weighted by Crippen LogP contribution is -2.32. The molecule has 2 atom stereocenters. The molecule has 0 spiro atoms. The highest BCUT2D eigenvalue weighted by atomic mass is 19.1. The Kier molecular flexibility index (Phi) is 4.85. The van der Waals surface area contributed by atoms with Crippen molar-refractivity contribution in [2.75, 3.05) is 6.54 Å². The first-order valence-corrected chi connectivity index (χ1v) is 7.87. The molecule has 1 fully saturated rings. The first-order chi connectivity index (χ1) is 11.5. The zero-order valence-electron chi connectivity index (χ0n) is 13.0. The van der Waals surface area contributed by atoms with Gasteiger partial charge in [0.1, 0.15) is 11.6 Å². The van der Waals surface area contributed by atoms with Gasteiger partial charge in [-0.15, -0.1) is 0 Å². The maximum absolute atomic E-state index is 14.0. The normalized spacial score (nSPS) is 20.4. The molecule has 2 heterocycles. The lowest BCUT2D eigenvalue weighted by Gasteiger charge is -2.25. The summed E-state index contributed by atoms with van der Waals surface area (Å²) < 4.78 is 27.5. The van der Waals surface area contributed by atoms with E-state index in [9.17, 15) is 18.7 Å². The lowest BCUT2D eigenvalue weighted by molar-refractivity contribution is -0.132. The Morgan fingerprint density at radius 1 is 1.29 bits per heavy atom. The van der Waals surface area contributed by atoms with Crippen molar-refractivity contribution in [3.05, 3.63) is 65.5 Å². The summed E-state index contributed by atoms with van der Waals surface area (Å²) >= 11 is 0. The van der Waals surface area contributed by atoms with E-state index in [0.29, 0.717) is 6.42 Å². The van der Waals surface area contributed by atoms with Crippen LogP contribution in [0.5, 0.6) is 0 Å². The summed E-state index contributed by atoms with van der Waals surface area (Å²) in [6.45, 7) is 0.127. The number of rotatable bonds is 4. The van der Waals surface area contributed by atoms with Crippen LogP contribution in [0.2, 0.25) is 0 Å². The molecule has 0 radical (unpaired) electrons. The van der Waals surface area contributed by atoms with E-state index in [1.54, 1.807) is 12.3 Å². The number of aliphatic hydroxyl groups excluding tert-OH is 1. The predicted molar refractivity (Wildman–Crippen MR) is 84.0 cm³/mol. The second-order valence-corrected chi connectivity index (χ2v) is 5.94. The third-order valence-corrected chi connectivity index (χ3v) is 4.24. The minimum absolute atomic E-state index is 0.109. The summed E-state index contributed by atoms with van der Waals surface area (Å²) in [5, 5.41) is 9.90. The quantitative estimate of drug-likeness (QED) is 0.936. The van der Waals surface area contributed by atoms with Crippen LogP contribution in [0, 0.1) is 11.6 Å². The highest BCUT2D eigenvalue weighted by molar-refractivity contribution is 5.77. The van der Waals surface area contributed by atoms with Crippen LogP contribution < -0.4 is 0 Å². The van der Waals surface area contributed by atoms with Gasteiger partial charge in [-0.25, -0.2) is 8.78 Å². The molecule has 0 aliphatic carbocycles. The second-order valence-electron chi connectivity index (χ2n) is 5.94. The van der Waals surface area contributed by atoms with Gasteiger partial charge in [0.15, 0.2) is 0 Å². The van der Waals surface area contributed by atoms with Crippen LogP contribution in [0.3, 0.4) is 0 Å². The largest absolute Gasteiger partial charge is 0.391 e. The van der Waals surface area contributed by atoms with E-state index in [1.165, 1.54) is 4.90 Å². The Labute approximate surface area is 138 Å². The molecule has 24 heavy (non-hydrogen) atoms. The van der Waals surface area contributed by atoms with Crippen molar-refractivity contribution < 1.29 is 18.7 Å². The fraction of sp³-hybridized carbons (Fsp3) is 0.333. The van der Waals surface area contributed by atoms with E-state index in [2.05, 4.69) is 4.98 Å². The molecule has 126 valence electrons. The third-order valence-electron chi connectivity index (χ3n) is 4.24. The molecular formula is C18H18F2N2O2. The Hall–Kier alpha value is -2.34. The summed E-state index contributed by atoms with van der Waals surface area (Å²) in [6, 6.07) is 8.00. The number of benzene rings is 1. The van der Waals surface area contributed by atoms with Crippen LogP contribution in [0.1, 0.15) is 30.1 Å². The number of carbonyl (C=O) groups excluding carboxylic acids is 1. The van der Waals surface area contributed by atoms with Crippen molar-refractivity contribution >= 4 is 5.91 Å². The van der Waals surface area contributed by atoms with Crippen molar-refractivity contribution in [3.63, 3.8) is 0 Å². The molecule has 4 nitrogen and oxygen atoms in total. The van der Waals surface area contributed by atoms with Gasteiger partial charge in [0.05, 0.1) is 12.1 Å². The molecule has 2 aromatic rings. The molecule has 6 heteroatoms. The monoisotopic (exact) mass is 332 g/mol. The van der Waals surface area contributed by atoms with Gasteiger partial charge in [-0.1, -0.05) is 6.07 Å². The summed E-state index contributed by atoms with van der Waals surface area (Å²) in [4.78, 5) is 18.1. The van der Waals surface area contributed by atoms with Crippen molar-refractivity contribution in [1.82, 2.24) is 9.88 Å². The molecule has 1 N–H and O–H groups in total. The number of hydrogen-bond acceptors (Lipinski definition) is 3. The number of carbonyl (C=O) groups is 1. The number of aliphatic hydroxyl groups is 1. The molecule has 1 aliphatic heterocycles. The number of hydrogen-bond donors (Lipinski definition) is 1. The van der Waals surface area contributed by atoms with E-state index in [1.807, 2.05) is 12.1 Å². The number of nitrogens with zero attached hydrogens (tertiary/aromatic N) is 2. The standard InChI is InChI=1S/C18H18F2N2O2/c19-12-4-6-16(20)15(9-12)17-10-14(23)11-22(17)18(24)7-5-13-3-1-2-8-21-13/h1-4,6,8-9,14,17,23H,5,7,10-11H2. The minimum Gasteiger partial charge on any atom is -0.391 e. The Morgan fingerprint density at radius 2 is 2.12 bits per heavy atom. The molecule has 3 rings (SSSR count). The highest BCUT2D eigenvalue weighted by Gasteiger charge is 2.36. The van der Waals surface area contributed by atoms with Crippen LogP contribution in [0.25, 0.3) is 0 Å². The number of pyridine rings is 1. The van der Waals surface area contributed by atoms with Crippen LogP contribution in [-0.4, -0.2) is 33.5 Å². The second kappa shape index (κ2) is 7.05. The van der Waals surface area contributed by atoms with E-state index in [4.69, 9.17) is 0 Å². The molecule has 2 unspecified atom stereocenters. The topological polar surface area (TPSA) is 53.4 Å². The summed E-state index contributed by atoms with van der Waals surface area (Å²) in [5.74, 6) is -1.34. The van der Waals surface area contributed by atoms with Gasteiger partial charge in [0.25, 0.3) is 0 Å². The Morgan fingerprint density at radius 3 is 2.88 bits per heavy atom. The Balaban J connectivity index is 1.75. The average molecular weight is 332 g/mol. The maximum atomic E-state index is 14.0. The average Bonchev–Trinajstić information content (AvgIpc) is 2.97. The molecule has 0 saturated carbocycles. The lowest BCUT2D eigenvalue weighted by atomic mass is 10.0. The van der Waals surface area contributed by atoms with Crippen molar-refractivity contribution in [1.29, 1.82) is 0 Å².